The summed E-state index contributed by atoms with van der Waals surface area (Å²) in [7, 11) is 0. The number of H-pyrrole nitrogens is 1. The van der Waals surface area contributed by atoms with Crippen LogP contribution in [0.15, 0.2) is 15.0 Å². The van der Waals surface area contributed by atoms with E-state index in [1.54, 1.807) is 0 Å². The number of rotatable bonds is 1. The van der Waals surface area contributed by atoms with E-state index in [0.717, 1.165) is 12.0 Å². The molecule has 1 N–H and O–H groups in total. The molecule has 2 aromatic heterocycles. The van der Waals surface area contributed by atoms with Gasteiger partial charge in [0.2, 0.25) is 0 Å². The second-order valence-electron chi connectivity index (χ2n) is 4.51. The highest BCUT2D eigenvalue weighted by atomic mass is 32.1. The third-order valence-electron chi connectivity index (χ3n) is 3.25. The van der Waals surface area contributed by atoms with Crippen LogP contribution in [0, 0.1) is 12.8 Å². The fourth-order valence-corrected chi connectivity index (χ4v) is 3.06. The van der Waals surface area contributed by atoms with Gasteiger partial charge in [0, 0.05) is 6.04 Å². The first-order valence-electron chi connectivity index (χ1n) is 5.32. The fraction of sp³-hybridized carbons (Fsp3) is 0.455. The molecule has 0 bridgehead atoms. The normalized spacial score (nSPS) is 23.9. The average Bonchev–Trinajstić information content (AvgIpc) is 2.79. The third kappa shape index (κ3) is 1.21. The van der Waals surface area contributed by atoms with Gasteiger partial charge in [-0.1, -0.05) is 6.92 Å². The third-order valence-corrected chi connectivity index (χ3v) is 4.26. The first-order valence-corrected chi connectivity index (χ1v) is 6.20. The monoisotopic (exact) mass is 236 g/mol. The minimum Gasteiger partial charge on any atom is -0.298 e. The number of hydrogen-bond acceptors (Lipinski definition) is 3. The van der Waals surface area contributed by atoms with Crippen molar-refractivity contribution in [1.82, 2.24) is 9.55 Å². The molecule has 0 spiro atoms. The second-order valence-corrected chi connectivity index (χ2v) is 5.39. The molecular formula is C11H12N2O2S. The molecule has 4 nitrogen and oxygen atoms in total. The number of nitrogens with zero attached hydrogens (tertiary/aromatic N) is 1. The van der Waals surface area contributed by atoms with Crippen LogP contribution < -0.4 is 11.2 Å². The number of aryl methyl sites for hydroxylation is 1. The average molecular weight is 236 g/mol. The summed E-state index contributed by atoms with van der Waals surface area (Å²) in [6, 6.07) is 0.0972. The van der Waals surface area contributed by atoms with Gasteiger partial charge in [-0.15, -0.1) is 11.3 Å². The minimum atomic E-state index is -0.270. The quantitative estimate of drug-likeness (QED) is 0.818. The Kier molecular flexibility index (Phi) is 1.89. The molecule has 16 heavy (non-hydrogen) atoms. The summed E-state index contributed by atoms with van der Waals surface area (Å²) in [6.45, 7) is 3.96. The highest BCUT2D eigenvalue weighted by molar-refractivity contribution is 7.16. The molecule has 1 fully saturated rings. The number of aromatic amines is 1. The molecule has 0 saturated heterocycles. The van der Waals surface area contributed by atoms with Crippen LogP contribution in [-0.2, 0) is 0 Å². The maximum atomic E-state index is 12.2. The standard InChI is InChI=1S/C11H12N2O2S/c1-5-3-7(5)13-10(14)8-6(2)4-16-9(8)12-11(13)15/h4-5,7H,3H2,1-2H3,(H,12,15). The van der Waals surface area contributed by atoms with Crippen LogP contribution >= 0.6 is 11.3 Å². The van der Waals surface area contributed by atoms with Gasteiger partial charge >= 0.3 is 5.69 Å². The Balaban J connectivity index is 2.40. The summed E-state index contributed by atoms with van der Waals surface area (Å²) in [6.07, 6.45) is 0.928. The van der Waals surface area contributed by atoms with E-state index in [9.17, 15) is 9.59 Å². The molecule has 1 aliphatic carbocycles. The van der Waals surface area contributed by atoms with E-state index >= 15 is 0 Å². The lowest BCUT2D eigenvalue weighted by Crippen LogP contribution is -2.34. The molecular weight excluding hydrogens is 224 g/mol. The van der Waals surface area contributed by atoms with Crippen LogP contribution in [0.3, 0.4) is 0 Å². The van der Waals surface area contributed by atoms with E-state index in [-0.39, 0.29) is 17.3 Å². The van der Waals surface area contributed by atoms with Gasteiger partial charge in [-0.2, -0.15) is 0 Å². The van der Waals surface area contributed by atoms with E-state index in [0.29, 0.717) is 16.1 Å². The van der Waals surface area contributed by atoms with Crippen LogP contribution in [0.25, 0.3) is 10.2 Å². The van der Waals surface area contributed by atoms with Gasteiger partial charge in [0.05, 0.1) is 5.39 Å². The molecule has 0 amide bonds. The highest BCUT2D eigenvalue weighted by Crippen LogP contribution is 2.40. The lowest BCUT2D eigenvalue weighted by molar-refractivity contribution is 0.626. The van der Waals surface area contributed by atoms with Gasteiger partial charge in [0.15, 0.2) is 0 Å². The summed E-state index contributed by atoms with van der Waals surface area (Å²) >= 11 is 1.42. The Hall–Kier alpha value is -1.36. The lowest BCUT2D eigenvalue weighted by atomic mass is 10.3. The minimum absolute atomic E-state index is 0.0972. The van der Waals surface area contributed by atoms with Crippen molar-refractivity contribution in [3.05, 3.63) is 31.8 Å². The molecule has 0 aliphatic heterocycles. The van der Waals surface area contributed by atoms with Crippen molar-refractivity contribution in [2.24, 2.45) is 5.92 Å². The number of nitrogens with one attached hydrogen (secondary N) is 1. The largest absolute Gasteiger partial charge is 0.329 e. The Morgan fingerprint density at radius 1 is 1.50 bits per heavy atom. The SMILES string of the molecule is Cc1csc2[nH]c(=O)n(C3CC3C)c(=O)c12. The summed E-state index contributed by atoms with van der Waals surface area (Å²) < 4.78 is 1.38. The zero-order chi connectivity index (χ0) is 11.4. The van der Waals surface area contributed by atoms with Crippen molar-refractivity contribution >= 4 is 21.6 Å². The lowest BCUT2D eigenvalue weighted by Gasteiger charge is -2.02. The van der Waals surface area contributed by atoms with E-state index in [1.807, 2.05) is 12.3 Å². The number of fused-ring (bicyclic) bond motifs is 1. The predicted molar refractivity (Wildman–Crippen MR) is 64.3 cm³/mol. The number of aromatic nitrogens is 2. The van der Waals surface area contributed by atoms with E-state index in [2.05, 4.69) is 11.9 Å². The summed E-state index contributed by atoms with van der Waals surface area (Å²) in [4.78, 5) is 27.5. The molecule has 1 saturated carbocycles. The number of thiophene rings is 1. The molecule has 5 heteroatoms. The summed E-state index contributed by atoms with van der Waals surface area (Å²) in [5, 5.41) is 2.58. The van der Waals surface area contributed by atoms with Crippen LogP contribution in [-0.4, -0.2) is 9.55 Å². The predicted octanol–water partition coefficient (Wildman–Crippen LogP) is 1.64. The van der Waals surface area contributed by atoms with Crippen LogP contribution in [0.2, 0.25) is 0 Å². The first-order chi connectivity index (χ1) is 7.59. The van der Waals surface area contributed by atoms with E-state index in [4.69, 9.17) is 0 Å². The Bertz CT molecular complexity index is 679. The Morgan fingerprint density at radius 2 is 2.19 bits per heavy atom. The molecule has 0 radical (unpaired) electrons. The topological polar surface area (TPSA) is 54.9 Å². The first kappa shape index (κ1) is 9.84. The van der Waals surface area contributed by atoms with Crippen molar-refractivity contribution in [2.45, 2.75) is 26.3 Å². The zero-order valence-electron chi connectivity index (χ0n) is 9.11. The van der Waals surface area contributed by atoms with Crippen LogP contribution in [0.1, 0.15) is 24.9 Å². The summed E-state index contributed by atoms with van der Waals surface area (Å²) in [5.41, 5.74) is 0.545. The molecule has 1 aliphatic rings. The van der Waals surface area contributed by atoms with Gasteiger partial charge in [-0.25, -0.2) is 4.79 Å². The molecule has 2 aromatic rings. The zero-order valence-corrected chi connectivity index (χ0v) is 9.93. The molecule has 2 unspecified atom stereocenters. The fourth-order valence-electron chi connectivity index (χ4n) is 2.14. The van der Waals surface area contributed by atoms with Crippen molar-refractivity contribution in [3.63, 3.8) is 0 Å². The maximum Gasteiger partial charge on any atom is 0.329 e. The van der Waals surface area contributed by atoms with Gasteiger partial charge in [-0.3, -0.25) is 14.3 Å². The van der Waals surface area contributed by atoms with Crippen molar-refractivity contribution < 1.29 is 0 Å². The van der Waals surface area contributed by atoms with Crippen molar-refractivity contribution in [3.8, 4) is 0 Å². The molecule has 3 rings (SSSR count). The van der Waals surface area contributed by atoms with E-state index in [1.165, 1.54) is 15.9 Å². The van der Waals surface area contributed by atoms with Gasteiger partial charge in [0.1, 0.15) is 4.83 Å². The molecule has 0 aromatic carbocycles. The highest BCUT2D eigenvalue weighted by Gasteiger charge is 2.37. The van der Waals surface area contributed by atoms with Crippen molar-refractivity contribution in [1.29, 1.82) is 0 Å². The van der Waals surface area contributed by atoms with Crippen LogP contribution in [0.5, 0.6) is 0 Å². The smallest absolute Gasteiger partial charge is 0.298 e. The maximum absolute atomic E-state index is 12.2. The summed E-state index contributed by atoms with van der Waals surface area (Å²) in [5.74, 6) is 0.440. The molecule has 2 heterocycles. The molecule has 84 valence electrons. The Morgan fingerprint density at radius 3 is 2.81 bits per heavy atom. The van der Waals surface area contributed by atoms with Crippen LogP contribution in [0.4, 0.5) is 0 Å². The molecule has 2 atom stereocenters. The van der Waals surface area contributed by atoms with Gasteiger partial charge in [-0.05, 0) is 30.2 Å². The van der Waals surface area contributed by atoms with Crippen molar-refractivity contribution in [2.75, 3.05) is 0 Å². The van der Waals surface area contributed by atoms with E-state index < -0.39 is 0 Å². The Labute approximate surface area is 95.5 Å². The van der Waals surface area contributed by atoms with Gasteiger partial charge in [0.25, 0.3) is 5.56 Å². The second kappa shape index (κ2) is 3.07. The van der Waals surface area contributed by atoms with Gasteiger partial charge < -0.3 is 0 Å². The number of hydrogen-bond donors (Lipinski definition) is 1.